The van der Waals surface area contributed by atoms with Crippen molar-refractivity contribution in [2.24, 2.45) is 4.99 Å². The second-order valence-corrected chi connectivity index (χ2v) is 8.32. The summed E-state index contributed by atoms with van der Waals surface area (Å²) < 4.78 is 6.15. The number of hydrogen-bond acceptors (Lipinski definition) is 3. The van der Waals surface area contributed by atoms with Crippen molar-refractivity contribution < 1.29 is 4.74 Å². The number of guanidine groups is 1. The van der Waals surface area contributed by atoms with E-state index in [0.717, 1.165) is 38.5 Å². The van der Waals surface area contributed by atoms with Gasteiger partial charge in [-0.2, -0.15) is 0 Å². The van der Waals surface area contributed by atoms with E-state index in [1.54, 1.807) is 0 Å². The van der Waals surface area contributed by atoms with Gasteiger partial charge in [-0.3, -0.25) is 4.99 Å². The van der Waals surface area contributed by atoms with Gasteiger partial charge in [0.05, 0.1) is 5.60 Å². The lowest BCUT2D eigenvalue weighted by atomic mass is 10.0. The Hall–Kier alpha value is -0.470. The van der Waals surface area contributed by atoms with Crippen LogP contribution in [-0.2, 0) is 4.74 Å². The number of nitrogens with one attached hydrogen (secondary N) is 2. The van der Waals surface area contributed by atoms with Crippen molar-refractivity contribution in [2.45, 2.75) is 47.9 Å². The van der Waals surface area contributed by atoms with Crippen LogP contribution < -0.4 is 10.6 Å². The van der Waals surface area contributed by atoms with Crippen LogP contribution in [0.3, 0.4) is 0 Å². The number of halogens is 1. The molecule has 1 aliphatic heterocycles. The van der Waals surface area contributed by atoms with E-state index in [9.17, 15) is 0 Å². The number of ether oxygens (including phenoxy) is 1. The van der Waals surface area contributed by atoms with E-state index in [4.69, 9.17) is 4.74 Å². The van der Waals surface area contributed by atoms with Crippen molar-refractivity contribution in [3.8, 4) is 0 Å². The van der Waals surface area contributed by atoms with Gasteiger partial charge in [0.1, 0.15) is 0 Å². The summed E-state index contributed by atoms with van der Waals surface area (Å²) in [4.78, 5) is 5.70. The maximum atomic E-state index is 5.82. The fourth-order valence-electron chi connectivity index (χ4n) is 2.91. The third kappa shape index (κ3) is 5.52. The van der Waals surface area contributed by atoms with Gasteiger partial charge in [0.25, 0.3) is 0 Å². The quantitative estimate of drug-likeness (QED) is 0.386. The fraction of sp³-hybridized carbons (Fsp3) is 0.611. The molecule has 1 saturated heterocycles. The molecule has 0 amide bonds. The molecule has 0 bridgehead atoms. The molecule has 3 rings (SSSR count). The number of rotatable bonds is 6. The van der Waals surface area contributed by atoms with Crippen LogP contribution in [0, 0.1) is 0 Å². The Labute approximate surface area is 166 Å². The summed E-state index contributed by atoms with van der Waals surface area (Å²) in [6.45, 7) is 4.81. The van der Waals surface area contributed by atoms with E-state index in [2.05, 4.69) is 52.9 Å². The van der Waals surface area contributed by atoms with Crippen LogP contribution >= 0.6 is 35.7 Å². The Morgan fingerprint density at radius 2 is 1.88 bits per heavy atom. The van der Waals surface area contributed by atoms with Gasteiger partial charge in [-0.15, -0.1) is 35.7 Å². The van der Waals surface area contributed by atoms with Gasteiger partial charge in [-0.1, -0.05) is 18.2 Å². The molecule has 1 unspecified atom stereocenters. The molecule has 1 aromatic carbocycles. The number of aliphatic imine (C=N–C) groups is 1. The number of thioether (sulfide) groups is 1. The minimum absolute atomic E-state index is 0. The predicted molar refractivity (Wildman–Crippen MR) is 113 cm³/mol. The van der Waals surface area contributed by atoms with E-state index in [1.165, 1.54) is 17.7 Å². The maximum Gasteiger partial charge on any atom is 0.191 e. The van der Waals surface area contributed by atoms with Crippen LogP contribution in [0.2, 0.25) is 0 Å². The highest BCUT2D eigenvalue weighted by molar-refractivity contribution is 14.0. The summed E-state index contributed by atoms with van der Waals surface area (Å²) in [5, 5.41) is 6.92. The third-order valence-electron chi connectivity index (χ3n) is 4.62. The fourth-order valence-corrected chi connectivity index (χ4v) is 4.15. The van der Waals surface area contributed by atoms with Gasteiger partial charge in [0.15, 0.2) is 5.96 Å². The molecule has 4 nitrogen and oxygen atoms in total. The van der Waals surface area contributed by atoms with Gasteiger partial charge in [0, 0.05) is 36.4 Å². The lowest BCUT2D eigenvalue weighted by Crippen LogP contribution is -2.47. The minimum atomic E-state index is -0.0479. The first kappa shape index (κ1) is 19.8. The molecular weight excluding hydrogens is 433 g/mol. The summed E-state index contributed by atoms with van der Waals surface area (Å²) in [5.41, 5.74) is -0.0479. The van der Waals surface area contributed by atoms with Crippen LogP contribution in [0.25, 0.3) is 0 Å². The van der Waals surface area contributed by atoms with Gasteiger partial charge < -0.3 is 15.4 Å². The molecule has 1 aliphatic carbocycles. The van der Waals surface area contributed by atoms with Crippen LogP contribution in [0.4, 0.5) is 0 Å². The molecule has 2 fully saturated rings. The summed E-state index contributed by atoms with van der Waals surface area (Å²) in [5.74, 6) is 0.877. The molecule has 1 aromatic rings. The third-order valence-corrected chi connectivity index (χ3v) is 6.11. The van der Waals surface area contributed by atoms with E-state index in [1.807, 2.05) is 18.8 Å². The highest BCUT2D eigenvalue weighted by Crippen LogP contribution is 2.51. The largest absolute Gasteiger partial charge is 0.373 e. The average molecular weight is 461 g/mol. The Bertz CT molecular complexity index is 542. The predicted octanol–water partition coefficient (Wildman–Crippen LogP) is 3.66. The average Bonchev–Trinajstić information content (AvgIpc) is 3.19. The summed E-state index contributed by atoms with van der Waals surface area (Å²) in [6, 6.07) is 10.7. The standard InChI is InChI=1S/C18H27N3OS.HI/c1-17(9-6-12-22-17)13-20-16(19-2)21-14-18(10-11-18)23-15-7-4-3-5-8-15;/h3-5,7-8H,6,9-14H2,1-2H3,(H2,19,20,21);1H. The number of benzene rings is 1. The van der Waals surface area contributed by atoms with E-state index >= 15 is 0 Å². The lowest BCUT2D eigenvalue weighted by Gasteiger charge is -2.25. The Kier molecular flexibility index (Phi) is 7.24. The van der Waals surface area contributed by atoms with Crippen LogP contribution in [0.15, 0.2) is 40.2 Å². The molecule has 0 aromatic heterocycles. The van der Waals surface area contributed by atoms with Crippen molar-refractivity contribution in [2.75, 3.05) is 26.7 Å². The zero-order valence-corrected chi connectivity index (χ0v) is 17.7. The highest BCUT2D eigenvalue weighted by Gasteiger charge is 2.43. The molecule has 1 heterocycles. The van der Waals surface area contributed by atoms with Gasteiger partial charge >= 0.3 is 0 Å². The van der Waals surface area contributed by atoms with Crippen molar-refractivity contribution in [1.29, 1.82) is 0 Å². The van der Waals surface area contributed by atoms with Crippen molar-refractivity contribution in [3.05, 3.63) is 30.3 Å². The smallest absolute Gasteiger partial charge is 0.191 e. The van der Waals surface area contributed by atoms with Gasteiger partial charge in [0.2, 0.25) is 0 Å². The molecule has 24 heavy (non-hydrogen) atoms. The van der Waals surface area contributed by atoms with Crippen LogP contribution in [-0.4, -0.2) is 43.1 Å². The number of hydrogen-bond donors (Lipinski definition) is 2. The zero-order valence-electron chi connectivity index (χ0n) is 14.5. The molecule has 2 aliphatic rings. The topological polar surface area (TPSA) is 45.7 Å². The van der Waals surface area contributed by atoms with Gasteiger partial charge in [-0.25, -0.2) is 0 Å². The van der Waals surface area contributed by atoms with Crippen molar-refractivity contribution in [1.82, 2.24) is 10.6 Å². The first-order valence-electron chi connectivity index (χ1n) is 8.46. The minimum Gasteiger partial charge on any atom is -0.373 e. The van der Waals surface area contributed by atoms with Crippen molar-refractivity contribution in [3.63, 3.8) is 0 Å². The zero-order chi connectivity index (χ0) is 16.2. The maximum absolute atomic E-state index is 5.82. The summed E-state index contributed by atoms with van der Waals surface area (Å²) in [6.07, 6.45) is 4.79. The lowest BCUT2D eigenvalue weighted by molar-refractivity contribution is 0.0243. The molecule has 6 heteroatoms. The van der Waals surface area contributed by atoms with Crippen LogP contribution in [0.5, 0.6) is 0 Å². The summed E-state index contributed by atoms with van der Waals surface area (Å²) >= 11 is 1.98. The first-order chi connectivity index (χ1) is 11.1. The highest BCUT2D eigenvalue weighted by atomic mass is 127. The second-order valence-electron chi connectivity index (χ2n) is 6.78. The summed E-state index contributed by atoms with van der Waals surface area (Å²) in [7, 11) is 1.83. The first-order valence-corrected chi connectivity index (χ1v) is 9.27. The Balaban J connectivity index is 0.00000208. The molecule has 0 radical (unpaired) electrons. The number of nitrogens with zero attached hydrogens (tertiary/aromatic N) is 1. The molecule has 0 spiro atoms. The van der Waals surface area contributed by atoms with Crippen molar-refractivity contribution >= 4 is 41.7 Å². The molecule has 134 valence electrons. The molecular formula is C18H28IN3OS. The Morgan fingerprint density at radius 3 is 2.46 bits per heavy atom. The molecule has 2 N–H and O–H groups in total. The van der Waals surface area contributed by atoms with Crippen LogP contribution in [0.1, 0.15) is 32.6 Å². The van der Waals surface area contributed by atoms with Gasteiger partial charge in [-0.05, 0) is 44.7 Å². The SMILES string of the molecule is CN=C(NCC1(C)CCCO1)NCC1(Sc2ccccc2)CC1.I. The molecule has 1 saturated carbocycles. The van der Waals surface area contributed by atoms with E-state index < -0.39 is 0 Å². The van der Waals surface area contributed by atoms with E-state index in [-0.39, 0.29) is 29.6 Å². The monoisotopic (exact) mass is 461 g/mol. The molecule has 1 atom stereocenters. The normalized spacial score (nSPS) is 25.0. The van der Waals surface area contributed by atoms with E-state index in [0.29, 0.717) is 4.75 Å². The second kappa shape index (κ2) is 8.76. The Morgan fingerprint density at radius 1 is 1.17 bits per heavy atom.